The lowest BCUT2D eigenvalue weighted by Gasteiger charge is -2.21. The highest BCUT2D eigenvalue weighted by atomic mass is 32.2. The van der Waals surface area contributed by atoms with E-state index in [-0.39, 0.29) is 5.75 Å². The van der Waals surface area contributed by atoms with E-state index in [0.29, 0.717) is 22.5 Å². The van der Waals surface area contributed by atoms with Crippen molar-refractivity contribution in [2.75, 3.05) is 12.1 Å². The number of nitriles is 1. The molecule has 10 heteroatoms. The van der Waals surface area contributed by atoms with Crippen molar-refractivity contribution in [1.82, 2.24) is 14.6 Å². The minimum Gasteiger partial charge on any atom is -0.371 e. The fourth-order valence-corrected chi connectivity index (χ4v) is 3.45. The molecule has 0 aliphatic rings. The molecule has 2 N–H and O–H groups in total. The number of benzene rings is 2. The smallest absolute Gasteiger partial charge is 0.371 e. The van der Waals surface area contributed by atoms with Crippen LogP contribution in [0.5, 0.6) is 5.75 Å². The largest absolute Gasteiger partial charge is 0.380 e. The van der Waals surface area contributed by atoms with Crippen molar-refractivity contribution in [1.29, 1.82) is 5.26 Å². The van der Waals surface area contributed by atoms with Gasteiger partial charge in [-0.15, -0.1) is 0 Å². The summed E-state index contributed by atoms with van der Waals surface area (Å²) in [4.78, 5) is 8.79. The lowest BCUT2D eigenvalue weighted by Crippen LogP contribution is -2.24. The third kappa shape index (κ3) is 3.80. The van der Waals surface area contributed by atoms with E-state index in [9.17, 15) is 13.7 Å². The van der Waals surface area contributed by atoms with Crippen LogP contribution in [0.15, 0.2) is 67.1 Å². The van der Waals surface area contributed by atoms with E-state index in [4.69, 9.17) is 5.14 Å². The molecule has 0 amide bonds. The van der Waals surface area contributed by atoms with Crippen LogP contribution in [-0.2, 0) is 10.3 Å². The molecule has 2 heterocycles. The van der Waals surface area contributed by atoms with Crippen LogP contribution < -0.4 is 14.3 Å². The summed E-state index contributed by atoms with van der Waals surface area (Å²) in [6, 6.07) is 17.9. The summed E-state index contributed by atoms with van der Waals surface area (Å²) in [6.07, 6.45) is 3.19. The van der Waals surface area contributed by atoms with Crippen molar-refractivity contribution < 1.29 is 12.6 Å². The van der Waals surface area contributed by atoms with Crippen molar-refractivity contribution in [2.24, 2.45) is 5.14 Å². The Morgan fingerprint density at radius 2 is 1.87 bits per heavy atom. The van der Waals surface area contributed by atoms with Gasteiger partial charge in [0.25, 0.3) is 0 Å². The topological polar surface area (TPSA) is 127 Å². The van der Waals surface area contributed by atoms with Crippen molar-refractivity contribution >= 4 is 27.2 Å². The molecule has 0 aliphatic carbocycles. The Bertz CT molecular complexity index is 1370. The van der Waals surface area contributed by atoms with Crippen LogP contribution in [0.2, 0.25) is 0 Å². The van der Waals surface area contributed by atoms with Crippen molar-refractivity contribution in [3.8, 4) is 22.9 Å². The van der Waals surface area contributed by atoms with E-state index in [0.717, 1.165) is 11.0 Å². The quantitative estimate of drug-likeness (QED) is 0.525. The van der Waals surface area contributed by atoms with Gasteiger partial charge >= 0.3 is 10.3 Å². The molecule has 2 aromatic heterocycles. The minimum absolute atomic E-state index is 0.0797. The first-order chi connectivity index (χ1) is 14.4. The second-order valence-electron chi connectivity index (χ2n) is 6.40. The third-order valence-corrected chi connectivity index (χ3v) is 4.90. The average molecular weight is 420 g/mol. The van der Waals surface area contributed by atoms with E-state index in [1.165, 1.54) is 18.3 Å². The molecule has 0 saturated heterocycles. The zero-order chi connectivity index (χ0) is 21.3. The Labute approximate surface area is 172 Å². The lowest BCUT2D eigenvalue weighted by atomic mass is 10.0. The number of hydrogen-bond donors (Lipinski definition) is 1. The summed E-state index contributed by atoms with van der Waals surface area (Å²) in [5.41, 5.74) is 3.48. The van der Waals surface area contributed by atoms with E-state index >= 15 is 0 Å². The number of fused-ring (bicyclic) bond motifs is 1. The first-order valence-electron chi connectivity index (χ1n) is 8.74. The van der Waals surface area contributed by atoms with Gasteiger partial charge in [0.15, 0.2) is 0 Å². The maximum Gasteiger partial charge on any atom is 0.380 e. The fourth-order valence-electron chi connectivity index (χ4n) is 3.07. The summed E-state index contributed by atoms with van der Waals surface area (Å²) in [6.45, 7) is 0. The van der Waals surface area contributed by atoms with Gasteiger partial charge in [-0.2, -0.15) is 18.8 Å². The predicted octanol–water partition coefficient (Wildman–Crippen LogP) is 2.45. The van der Waals surface area contributed by atoms with Crippen LogP contribution in [0.4, 0.5) is 5.82 Å². The SMILES string of the molecule is CN(c1cc(-c2ccc(OS(N)(=O)=O)cc2)c(C#N)cn1)n1cnc2ccccc21. The van der Waals surface area contributed by atoms with Crippen LogP contribution >= 0.6 is 0 Å². The predicted molar refractivity (Wildman–Crippen MR) is 112 cm³/mol. The van der Waals surface area contributed by atoms with Crippen molar-refractivity contribution in [2.45, 2.75) is 0 Å². The number of aromatic nitrogens is 3. The zero-order valence-corrected chi connectivity index (χ0v) is 16.6. The van der Waals surface area contributed by atoms with E-state index in [2.05, 4.69) is 20.2 Å². The zero-order valence-electron chi connectivity index (χ0n) is 15.8. The first-order valence-corrected chi connectivity index (χ1v) is 10.2. The maximum atomic E-state index is 11.1. The molecule has 30 heavy (non-hydrogen) atoms. The molecule has 0 fully saturated rings. The number of rotatable bonds is 5. The Kier molecular flexibility index (Phi) is 4.83. The van der Waals surface area contributed by atoms with Crippen LogP contribution in [0.3, 0.4) is 0 Å². The Balaban J connectivity index is 1.73. The Morgan fingerprint density at radius 3 is 2.57 bits per heavy atom. The number of nitrogens with two attached hydrogens (primary N) is 1. The van der Waals surface area contributed by atoms with Crippen LogP contribution in [-0.4, -0.2) is 30.1 Å². The van der Waals surface area contributed by atoms with Gasteiger partial charge in [-0.3, -0.25) is 5.01 Å². The summed E-state index contributed by atoms with van der Waals surface area (Å²) in [5.74, 6) is 0.674. The fraction of sp³-hybridized carbons (Fsp3) is 0.0500. The van der Waals surface area contributed by atoms with Gasteiger partial charge in [0.1, 0.15) is 24.0 Å². The highest BCUT2D eigenvalue weighted by Gasteiger charge is 2.14. The van der Waals surface area contributed by atoms with E-state index in [1.807, 2.05) is 41.0 Å². The van der Waals surface area contributed by atoms with Crippen LogP contribution in [0.25, 0.3) is 22.2 Å². The number of imidazole rings is 1. The van der Waals surface area contributed by atoms with Crippen LogP contribution in [0.1, 0.15) is 5.56 Å². The molecule has 0 radical (unpaired) electrons. The first kappa shape index (κ1) is 19.4. The normalized spacial score (nSPS) is 11.2. The third-order valence-electron chi connectivity index (χ3n) is 4.48. The molecule has 150 valence electrons. The molecule has 0 aliphatic heterocycles. The maximum absolute atomic E-state index is 11.1. The molecule has 2 aromatic carbocycles. The van der Waals surface area contributed by atoms with Gasteiger partial charge in [0.05, 0.1) is 16.6 Å². The Hall–Kier alpha value is -3.94. The van der Waals surface area contributed by atoms with Crippen molar-refractivity contribution in [3.05, 3.63) is 72.7 Å². The van der Waals surface area contributed by atoms with Gasteiger partial charge < -0.3 is 4.18 Å². The lowest BCUT2D eigenvalue weighted by molar-refractivity contribution is 0.488. The summed E-state index contributed by atoms with van der Waals surface area (Å²) >= 11 is 0. The number of para-hydroxylation sites is 2. The molecule has 0 spiro atoms. The summed E-state index contributed by atoms with van der Waals surface area (Å²) in [5, 5.41) is 16.2. The molecule has 4 aromatic rings. The standard InChI is InChI=1S/C20H16N6O3S/c1-25(26-13-24-18-4-2-3-5-19(18)26)20-10-17(15(11-21)12-23-20)14-6-8-16(9-7-14)29-30(22,27)28/h2-10,12-13H,1H3,(H2,22,27,28). The van der Waals surface area contributed by atoms with Crippen molar-refractivity contribution in [3.63, 3.8) is 0 Å². The summed E-state index contributed by atoms with van der Waals surface area (Å²) < 4.78 is 28.7. The number of nitrogens with zero attached hydrogens (tertiary/aromatic N) is 5. The van der Waals surface area contributed by atoms with Gasteiger partial charge in [-0.1, -0.05) is 24.3 Å². The highest BCUT2D eigenvalue weighted by Crippen LogP contribution is 2.29. The van der Waals surface area contributed by atoms with E-state index in [1.54, 1.807) is 24.5 Å². The molecule has 9 nitrogen and oxygen atoms in total. The number of hydrogen-bond acceptors (Lipinski definition) is 7. The number of pyridine rings is 1. The second kappa shape index (κ2) is 7.47. The van der Waals surface area contributed by atoms with Gasteiger partial charge in [0.2, 0.25) is 0 Å². The average Bonchev–Trinajstić information content (AvgIpc) is 3.16. The molecular formula is C20H16N6O3S. The Morgan fingerprint density at radius 1 is 1.13 bits per heavy atom. The molecule has 0 atom stereocenters. The number of anilines is 1. The molecule has 0 unspecified atom stereocenters. The van der Waals surface area contributed by atoms with Crippen LogP contribution in [0, 0.1) is 11.3 Å². The monoisotopic (exact) mass is 420 g/mol. The molecule has 0 bridgehead atoms. The minimum atomic E-state index is -4.11. The second-order valence-corrected chi connectivity index (χ2v) is 7.55. The summed E-state index contributed by atoms with van der Waals surface area (Å²) in [7, 11) is -2.26. The van der Waals surface area contributed by atoms with E-state index < -0.39 is 10.3 Å². The molecular weight excluding hydrogens is 404 g/mol. The molecule has 0 saturated carbocycles. The van der Waals surface area contributed by atoms with Gasteiger partial charge in [-0.25, -0.2) is 14.6 Å². The van der Waals surface area contributed by atoms with Gasteiger partial charge in [0, 0.05) is 18.8 Å². The molecule has 4 rings (SSSR count). The van der Waals surface area contributed by atoms with Gasteiger partial charge in [-0.05, 0) is 35.9 Å². The highest BCUT2D eigenvalue weighted by molar-refractivity contribution is 7.84.